The molecule has 1 aromatic rings. The molecular weight excluding hydrogens is 222 g/mol. The summed E-state index contributed by atoms with van der Waals surface area (Å²) in [6.45, 7) is 2.35. The van der Waals surface area contributed by atoms with Gasteiger partial charge in [-0.1, -0.05) is 12.8 Å². The van der Waals surface area contributed by atoms with Gasteiger partial charge in [-0.05, 0) is 19.8 Å². The zero-order chi connectivity index (χ0) is 11.6. The zero-order valence-electron chi connectivity index (χ0n) is 9.45. The quantitative estimate of drug-likeness (QED) is 0.846. The Morgan fingerprint density at radius 3 is 2.81 bits per heavy atom. The molecule has 1 aliphatic carbocycles. The minimum Gasteiger partial charge on any atom is -0.329 e. The third kappa shape index (κ3) is 2.10. The Kier molecular flexibility index (Phi) is 3.25. The second kappa shape index (κ2) is 4.51. The Morgan fingerprint density at radius 2 is 2.31 bits per heavy atom. The summed E-state index contributed by atoms with van der Waals surface area (Å²) >= 11 is 1.46. The summed E-state index contributed by atoms with van der Waals surface area (Å²) in [6, 6.07) is 0. The maximum atomic E-state index is 12.2. The first-order valence-corrected chi connectivity index (χ1v) is 6.48. The van der Waals surface area contributed by atoms with Gasteiger partial charge in [0.05, 0.1) is 11.1 Å². The number of anilines is 1. The monoisotopic (exact) mass is 239 g/mol. The minimum absolute atomic E-state index is 0.0434. The molecule has 0 unspecified atom stereocenters. The van der Waals surface area contributed by atoms with Crippen molar-refractivity contribution in [1.29, 1.82) is 0 Å². The maximum Gasteiger partial charge on any atom is 0.233 e. The van der Waals surface area contributed by atoms with Crippen molar-refractivity contribution in [2.75, 3.05) is 11.9 Å². The number of hydrogen-bond acceptors (Lipinski definition) is 4. The molecule has 1 saturated carbocycles. The second-order valence-corrected chi connectivity index (χ2v) is 5.30. The van der Waals surface area contributed by atoms with Gasteiger partial charge in [0, 0.05) is 11.9 Å². The number of aryl methyl sites for hydroxylation is 1. The summed E-state index contributed by atoms with van der Waals surface area (Å²) in [6.07, 6.45) is 4.00. The largest absolute Gasteiger partial charge is 0.329 e. The lowest BCUT2D eigenvalue weighted by molar-refractivity contribution is -0.124. The predicted octanol–water partition coefficient (Wildman–Crippen LogP) is 1.91. The van der Waals surface area contributed by atoms with Crippen LogP contribution in [-0.2, 0) is 4.79 Å². The van der Waals surface area contributed by atoms with Crippen LogP contribution in [-0.4, -0.2) is 17.4 Å². The fraction of sp³-hybridized carbons (Fsp3) is 0.636. The van der Waals surface area contributed by atoms with Crippen molar-refractivity contribution in [3.05, 3.63) is 11.1 Å². The molecule has 0 saturated heterocycles. The molecule has 0 aromatic carbocycles. The smallest absolute Gasteiger partial charge is 0.233 e. The summed E-state index contributed by atoms with van der Waals surface area (Å²) in [5.74, 6) is 0.0434. The van der Waals surface area contributed by atoms with Gasteiger partial charge in [-0.15, -0.1) is 11.3 Å². The molecule has 2 rings (SSSR count). The Balaban J connectivity index is 2.07. The molecule has 1 amide bonds. The lowest BCUT2D eigenvalue weighted by atomic mass is 9.85. The van der Waals surface area contributed by atoms with E-state index in [1.54, 1.807) is 0 Å². The molecule has 0 aliphatic heterocycles. The fourth-order valence-electron chi connectivity index (χ4n) is 2.22. The van der Waals surface area contributed by atoms with Crippen molar-refractivity contribution in [2.45, 2.75) is 32.6 Å². The van der Waals surface area contributed by atoms with Crippen molar-refractivity contribution in [3.8, 4) is 0 Å². The molecule has 3 N–H and O–H groups in total. The van der Waals surface area contributed by atoms with E-state index in [-0.39, 0.29) is 11.3 Å². The molecule has 16 heavy (non-hydrogen) atoms. The van der Waals surface area contributed by atoms with E-state index in [0.717, 1.165) is 31.4 Å². The van der Waals surface area contributed by atoms with E-state index in [9.17, 15) is 4.79 Å². The van der Waals surface area contributed by atoms with Crippen LogP contribution in [0, 0.1) is 12.3 Å². The van der Waals surface area contributed by atoms with Crippen molar-refractivity contribution < 1.29 is 4.79 Å². The van der Waals surface area contributed by atoms with E-state index in [1.807, 2.05) is 12.3 Å². The number of thiazole rings is 1. The first-order valence-electron chi connectivity index (χ1n) is 5.60. The minimum atomic E-state index is -0.348. The highest BCUT2D eigenvalue weighted by Gasteiger charge is 2.40. The van der Waals surface area contributed by atoms with Crippen LogP contribution < -0.4 is 11.1 Å². The summed E-state index contributed by atoms with van der Waals surface area (Å²) in [5.41, 5.74) is 6.34. The first-order chi connectivity index (χ1) is 7.66. The maximum absolute atomic E-state index is 12.2. The predicted molar refractivity (Wildman–Crippen MR) is 65.4 cm³/mol. The van der Waals surface area contributed by atoms with E-state index >= 15 is 0 Å². The molecule has 1 aromatic heterocycles. The number of nitrogens with two attached hydrogens (primary N) is 1. The highest BCUT2D eigenvalue weighted by atomic mass is 32.1. The molecule has 1 heterocycles. The van der Waals surface area contributed by atoms with Gasteiger partial charge in [0.25, 0.3) is 0 Å². The van der Waals surface area contributed by atoms with E-state index in [0.29, 0.717) is 11.7 Å². The summed E-state index contributed by atoms with van der Waals surface area (Å²) in [7, 11) is 0. The molecule has 4 nitrogen and oxygen atoms in total. The van der Waals surface area contributed by atoms with Crippen LogP contribution in [0.1, 0.15) is 31.4 Å². The lowest BCUT2D eigenvalue weighted by Crippen LogP contribution is -2.40. The van der Waals surface area contributed by atoms with Gasteiger partial charge in [0.1, 0.15) is 0 Å². The van der Waals surface area contributed by atoms with Gasteiger partial charge in [0.15, 0.2) is 5.13 Å². The fourth-order valence-corrected chi connectivity index (χ4v) is 2.90. The molecule has 1 fully saturated rings. The summed E-state index contributed by atoms with van der Waals surface area (Å²) in [5, 5.41) is 5.50. The van der Waals surface area contributed by atoms with Crippen LogP contribution in [0.4, 0.5) is 5.13 Å². The molecule has 5 heteroatoms. The summed E-state index contributed by atoms with van der Waals surface area (Å²) in [4.78, 5) is 16.4. The number of hydrogen-bond donors (Lipinski definition) is 2. The molecular formula is C11H17N3OS. The summed E-state index contributed by atoms with van der Waals surface area (Å²) < 4.78 is 0. The number of amides is 1. The van der Waals surface area contributed by atoms with Gasteiger partial charge < -0.3 is 11.1 Å². The first kappa shape index (κ1) is 11.5. The normalized spacial score (nSPS) is 18.6. The SMILES string of the molecule is Cc1csc(NC(=O)C2(CN)CCCC2)n1. The van der Waals surface area contributed by atoms with Crippen LogP contribution in [0.5, 0.6) is 0 Å². The third-order valence-electron chi connectivity index (χ3n) is 3.27. The van der Waals surface area contributed by atoms with Gasteiger partial charge >= 0.3 is 0 Å². The molecule has 0 bridgehead atoms. The highest BCUT2D eigenvalue weighted by molar-refractivity contribution is 7.13. The topological polar surface area (TPSA) is 68.0 Å². The van der Waals surface area contributed by atoms with E-state index in [1.165, 1.54) is 11.3 Å². The average molecular weight is 239 g/mol. The molecule has 1 aliphatic rings. The van der Waals surface area contributed by atoms with Gasteiger partial charge in [-0.2, -0.15) is 0 Å². The Hall–Kier alpha value is -0.940. The van der Waals surface area contributed by atoms with Crippen molar-refractivity contribution >= 4 is 22.4 Å². The molecule has 88 valence electrons. The third-order valence-corrected chi connectivity index (χ3v) is 4.15. The number of aromatic nitrogens is 1. The van der Waals surface area contributed by atoms with E-state index in [2.05, 4.69) is 10.3 Å². The van der Waals surface area contributed by atoms with Crippen LogP contribution in [0.2, 0.25) is 0 Å². The molecule has 0 spiro atoms. The standard InChI is InChI=1S/C11H17N3OS/c1-8-6-16-10(13-8)14-9(15)11(7-12)4-2-3-5-11/h6H,2-5,7,12H2,1H3,(H,13,14,15). The van der Waals surface area contributed by atoms with Crippen molar-refractivity contribution in [2.24, 2.45) is 11.1 Å². The van der Waals surface area contributed by atoms with Crippen LogP contribution >= 0.6 is 11.3 Å². The number of nitrogens with one attached hydrogen (secondary N) is 1. The lowest BCUT2D eigenvalue weighted by Gasteiger charge is -2.24. The molecule has 0 radical (unpaired) electrons. The van der Waals surface area contributed by atoms with E-state index < -0.39 is 0 Å². The average Bonchev–Trinajstić information content (AvgIpc) is 2.88. The molecule has 0 atom stereocenters. The second-order valence-electron chi connectivity index (χ2n) is 4.44. The van der Waals surface area contributed by atoms with Gasteiger partial charge in [-0.25, -0.2) is 4.98 Å². The number of carbonyl (C=O) groups is 1. The Morgan fingerprint density at radius 1 is 1.62 bits per heavy atom. The van der Waals surface area contributed by atoms with Crippen molar-refractivity contribution in [1.82, 2.24) is 4.98 Å². The number of nitrogens with zero attached hydrogens (tertiary/aromatic N) is 1. The Labute approximate surface area is 99.3 Å². The van der Waals surface area contributed by atoms with Crippen LogP contribution in [0.25, 0.3) is 0 Å². The van der Waals surface area contributed by atoms with Crippen LogP contribution in [0.15, 0.2) is 5.38 Å². The van der Waals surface area contributed by atoms with E-state index in [4.69, 9.17) is 5.73 Å². The highest BCUT2D eigenvalue weighted by Crippen LogP contribution is 2.38. The Bertz CT molecular complexity index is 382. The zero-order valence-corrected chi connectivity index (χ0v) is 10.3. The van der Waals surface area contributed by atoms with Crippen molar-refractivity contribution in [3.63, 3.8) is 0 Å². The van der Waals surface area contributed by atoms with Crippen LogP contribution in [0.3, 0.4) is 0 Å². The van der Waals surface area contributed by atoms with Gasteiger partial charge in [0.2, 0.25) is 5.91 Å². The van der Waals surface area contributed by atoms with Gasteiger partial charge in [-0.3, -0.25) is 4.79 Å². The number of carbonyl (C=O) groups excluding carboxylic acids is 1. The number of rotatable bonds is 3.